The zero-order chi connectivity index (χ0) is 16.5. The summed E-state index contributed by atoms with van der Waals surface area (Å²) in [5.41, 5.74) is 1.96. The zero-order valence-corrected chi connectivity index (χ0v) is 13.2. The minimum absolute atomic E-state index is 0.0726. The number of rotatable bonds is 4. The quantitative estimate of drug-likeness (QED) is 0.902. The van der Waals surface area contributed by atoms with E-state index in [1.54, 1.807) is 14.0 Å². The molecule has 2 N–H and O–H groups in total. The maximum Gasteiger partial charge on any atom is 0.339 e. The highest BCUT2D eigenvalue weighted by molar-refractivity contribution is 5.91. The Kier molecular flexibility index (Phi) is 4.13. The number of carbonyl (C=O) groups is 1. The van der Waals surface area contributed by atoms with E-state index in [4.69, 9.17) is 4.74 Å². The van der Waals surface area contributed by atoms with Crippen molar-refractivity contribution in [2.24, 2.45) is 0 Å². The van der Waals surface area contributed by atoms with E-state index < -0.39 is 11.4 Å². The predicted octanol–water partition coefficient (Wildman–Crippen LogP) is 3.73. The third-order valence-corrected chi connectivity index (χ3v) is 4.06. The van der Waals surface area contributed by atoms with Crippen LogP contribution < -0.4 is 4.74 Å². The van der Waals surface area contributed by atoms with Gasteiger partial charge in [-0.1, -0.05) is 32.0 Å². The Hall–Kier alpha value is -2.49. The molecule has 0 bridgehead atoms. The second-order valence-corrected chi connectivity index (χ2v) is 5.85. The van der Waals surface area contributed by atoms with Gasteiger partial charge in [-0.25, -0.2) is 4.79 Å². The predicted molar refractivity (Wildman–Crippen MR) is 84.9 cm³/mol. The first-order valence-corrected chi connectivity index (χ1v) is 6.99. The lowest BCUT2D eigenvalue weighted by Gasteiger charge is -2.27. The van der Waals surface area contributed by atoms with Crippen LogP contribution in [-0.2, 0) is 5.41 Å². The third-order valence-electron chi connectivity index (χ3n) is 4.06. The SMILES string of the molecule is COc1ccc(C(C)(C)c2cc(C)c(O)c(C(=O)O)c2)cc1. The van der Waals surface area contributed by atoms with Crippen molar-refractivity contribution >= 4 is 5.97 Å². The Morgan fingerprint density at radius 2 is 1.68 bits per heavy atom. The first-order chi connectivity index (χ1) is 10.3. The van der Waals surface area contributed by atoms with Crippen LogP contribution >= 0.6 is 0 Å². The molecule has 0 heterocycles. The first-order valence-electron chi connectivity index (χ1n) is 6.99. The van der Waals surface area contributed by atoms with Crippen LogP contribution in [-0.4, -0.2) is 23.3 Å². The standard InChI is InChI=1S/C18H20O4/c1-11-9-13(10-15(16(11)19)17(20)21)18(2,3)12-5-7-14(22-4)8-6-12/h5-10,19H,1-4H3,(H,20,21). The zero-order valence-electron chi connectivity index (χ0n) is 13.2. The maximum absolute atomic E-state index is 11.3. The number of ether oxygens (including phenoxy) is 1. The molecule has 0 spiro atoms. The second kappa shape index (κ2) is 5.72. The topological polar surface area (TPSA) is 66.8 Å². The molecule has 0 aromatic heterocycles. The summed E-state index contributed by atoms with van der Waals surface area (Å²) in [6.45, 7) is 5.74. The molecule has 0 amide bonds. The largest absolute Gasteiger partial charge is 0.507 e. The number of hydrogen-bond acceptors (Lipinski definition) is 3. The normalized spacial score (nSPS) is 11.3. The molecule has 4 nitrogen and oxygen atoms in total. The van der Waals surface area contributed by atoms with Crippen molar-refractivity contribution in [3.8, 4) is 11.5 Å². The molecule has 0 atom stereocenters. The van der Waals surface area contributed by atoms with Gasteiger partial charge in [0, 0.05) is 5.41 Å². The van der Waals surface area contributed by atoms with E-state index in [-0.39, 0.29) is 11.3 Å². The maximum atomic E-state index is 11.3. The third kappa shape index (κ3) is 2.77. The summed E-state index contributed by atoms with van der Waals surface area (Å²) in [5, 5.41) is 19.1. The number of phenols is 1. The van der Waals surface area contributed by atoms with E-state index in [1.165, 1.54) is 6.07 Å². The van der Waals surface area contributed by atoms with Crippen molar-refractivity contribution in [3.05, 3.63) is 58.7 Å². The highest BCUT2D eigenvalue weighted by atomic mass is 16.5. The number of aryl methyl sites for hydroxylation is 1. The molecule has 22 heavy (non-hydrogen) atoms. The Bertz CT molecular complexity index is 700. The highest BCUT2D eigenvalue weighted by Gasteiger charge is 2.26. The molecule has 0 unspecified atom stereocenters. The summed E-state index contributed by atoms with van der Waals surface area (Å²) >= 11 is 0. The molecule has 2 aromatic carbocycles. The number of methoxy groups -OCH3 is 1. The van der Waals surface area contributed by atoms with E-state index in [2.05, 4.69) is 0 Å². The fourth-order valence-electron chi connectivity index (χ4n) is 2.48. The number of carboxylic acid groups (broad SMARTS) is 1. The number of aromatic carboxylic acids is 1. The minimum Gasteiger partial charge on any atom is -0.507 e. The van der Waals surface area contributed by atoms with Gasteiger partial charge in [-0.3, -0.25) is 0 Å². The molecule has 116 valence electrons. The average Bonchev–Trinajstić information content (AvgIpc) is 2.49. The summed E-state index contributed by atoms with van der Waals surface area (Å²) < 4.78 is 5.16. The summed E-state index contributed by atoms with van der Waals surface area (Å²) in [5.74, 6) is -0.539. The van der Waals surface area contributed by atoms with E-state index in [1.807, 2.05) is 44.2 Å². The Labute approximate surface area is 130 Å². The fourth-order valence-corrected chi connectivity index (χ4v) is 2.48. The lowest BCUT2D eigenvalue weighted by Crippen LogP contribution is -2.20. The molecular formula is C18H20O4. The highest BCUT2D eigenvalue weighted by Crippen LogP contribution is 2.36. The molecule has 0 saturated heterocycles. The molecule has 0 aliphatic heterocycles. The Balaban J connectivity index is 2.54. The summed E-state index contributed by atoms with van der Waals surface area (Å²) in [4.78, 5) is 11.3. The molecule has 0 saturated carbocycles. The van der Waals surface area contributed by atoms with Crippen LogP contribution in [0.2, 0.25) is 0 Å². The van der Waals surface area contributed by atoms with Crippen LogP contribution in [0, 0.1) is 6.92 Å². The van der Waals surface area contributed by atoms with Crippen molar-refractivity contribution < 1.29 is 19.7 Å². The fraction of sp³-hybridized carbons (Fsp3) is 0.278. The van der Waals surface area contributed by atoms with Gasteiger partial charge < -0.3 is 14.9 Å². The number of carboxylic acids is 1. The molecule has 0 radical (unpaired) electrons. The van der Waals surface area contributed by atoms with Crippen molar-refractivity contribution in [2.45, 2.75) is 26.2 Å². The van der Waals surface area contributed by atoms with E-state index in [0.29, 0.717) is 5.56 Å². The van der Waals surface area contributed by atoms with E-state index in [0.717, 1.165) is 16.9 Å². The van der Waals surface area contributed by atoms with Crippen LogP contribution in [0.4, 0.5) is 0 Å². The molecule has 0 aliphatic carbocycles. The van der Waals surface area contributed by atoms with Crippen molar-refractivity contribution in [1.29, 1.82) is 0 Å². The van der Waals surface area contributed by atoms with Gasteiger partial charge in [-0.05, 0) is 41.8 Å². The van der Waals surface area contributed by atoms with Crippen LogP contribution in [0.25, 0.3) is 0 Å². The van der Waals surface area contributed by atoms with Crippen molar-refractivity contribution in [3.63, 3.8) is 0 Å². The van der Waals surface area contributed by atoms with Crippen LogP contribution in [0.5, 0.6) is 11.5 Å². The molecule has 2 rings (SSSR count). The van der Waals surface area contributed by atoms with E-state index in [9.17, 15) is 15.0 Å². The smallest absolute Gasteiger partial charge is 0.339 e. The number of hydrogen-bond donors (Lipinski definition) is 2. The van der Waals surface area contributed by atoms with Gasteiger partial charge in [0.15, 0.2) is 0 Å². The molecule has 2 aromatic rings. The van der Waals surface area contributed by atoms with Gasteiger partial charge in [0.2, 0.25) is 0 Å². The van der Waals surface area contributed by atoms with Crippen molar-refractivity contribution in [2.75, 3.05) is 7.11 Å². The van der Waals surface area contributed by atoms with Gasteiger partial charge in [0.05, 0.1) is 7.11 Å². The Morgan fingerprint density at radius 3 is 2.18 bits per heavy atom. The lowest BCUT2D eigenvalue weighted by molar-refractivity contribution is 0.0693. The Morgan fingerprint density at radius 1 is 1.09 bits per heavy atom. The lowest BCUT2D eigenvalue weighted by atomic mass is 9.77. The van der Waals surface area contributed by atoms with Crippen LogP contribution in [0.1, 0.15) is 40.9 Å². The summed E-state index contributed by atoms with van der Waals surface area (Å²) in [6, 6.07) is 11.0. The molecule has 4 heteroatoms. The number of aromatic hydroxyl groups is 1. The summed E-state index contributed by atoms with van der Waals surface area (Å²) in [6.07, 6.45) is 0. The minimum atomic E-state index is -1.13. The average molecular weight is 300 g/mol. The van der Waals surface area contributed by atoms with Gasteiger partial charge in [0.25, 0.3) is 0 Å². The van der Waals surface area contributed by atoms with Crippen LogP contribution in [0.3, 0.4) is 0 Å². The number of benzene rings is 2. The van der Waals surface area contributed by atoms with Gasteiger partial charge in [-0.15, -0.1) is 0 Å². The molecule has 0 aliphatic rings. The molecule has 0 fully saturated rings. The van der Waals surface area contributed by atoms with Gasteiger partial charge >= 0.3 is 5.97 Å². The first kappa shape index (κ1) is 15.9. The summed E-state index contributed by atoms with van der Waals surface area (Å²) in [7, 11) is 1.61. The second-order valence-electron chi connectivity index (χ2n) is 5.85. The van der Waals surface area contributed by atoms with Crippen LogP contribution in [0.15, 0.2) is 36.4 Å². The van der Waals surface area contributed by atoms with Crippen molar-refractivity contribution in [1.82, 2.24) is 0 Å². The van der Waals surface area contributed by atoms with Gasteiger partial charge in [0.1, 0.15) is 17.1 Å². The monoisotopic (exact) mass is 300 g/mol. The molecular weight excluding hydrogens is 280 g/mol. The van der Waals surface area contributed by atoms with E-state index >= 15 is 0 Å². The van der Waals surface area contributed by atoms with Gasteiger partial charge in [-0.2, -0.15) is 0 Å².